The molecule has 0 radical (unpaired) electrons. The number of aliphatic hydroxyl groups excluding tert-OH is 1. The lowest BCUT2D eigenvalue weighted by molar-refractivity contribution is -0.143. The van der Waals surface area contributed by atoms with Crippen LogP contribution >= 0.6 is 11.3 Å². The molecule has 3 aromatic rings. The zero-order valence-corrected chi connectivity index (χ0v) is 28.5. The zero-order chi connectivity index (χ0) is 34.2. The van der Waals surface area contributed by atoms with Crippen LogP contribution < -0.4 is 15.8 Å². The Morgan fingerprint density at radius 1 is 1.10 bits per heavy atom. The maximum atomic E-state index is 14.1. The lowest BCUT2D eigenvalue weighted by Crippen LogP contribution is -2.55. The van der Waals surface area contributed by atoms with Crippen molar-refractivity contribution in [2.24, 2.45) is 11.7 Å². The second-order valence-corrected chi connectivity index (χ2v) is 13.2. The fourth-order valence-electron chi connectivity index (χ4n) is 6.23. The number of likely N-dealkylation sites (tertiary alicyclic amines) is 1. The molecular formula is C35H45N5O7S. The van der Waals surface area contributed by atoms with Crippen molar-refractivity contribution in [2.75, 3.05) is 46.1 Å². The molecule has 2 aliphatic rings. The summed E-state index contributed by atoms with van der Waals surface area (Å²) < 4.78 is 17.1. The van der Waals surface area contributed by atoms with Gasteiger partial charge in [-0.3, -0.25) is 14.4 Å². The monoisotopic (exact) mass is 679 g/mol. The van der Waals surface area contributed by atoms with Gasteiger partial charge in [-0.25, -0.2) is 4.98 Å². The lowest BCUT2D eigenvalue weighted by Gasteiger charge is -2.35. The van der Waals surface area contributed by atoms with Crippen molar-refractivity contribution in [1.82, 2.24) is 20.1 Å². The summed E-state index contributed by atoms with van der Waals surface area (Å²) in [6, 6.07) is 11.5. The molecule has 12 nitrogen and oxygen atoms in total. The first-order chi connectivity index (χ1) is 23.2. The van der Waals surface area contributed by atoms with Crippen molar-refractivity contribution in [2.45, 2.75) is 58.5 Å². The first-order valence-corrected chi connectivity index (χ1v) is 17.2. The Bertz CT molecular complexity index is 1580. The van der Waals surface area contributed by atoms with Crippen LogP contribution in [0.25, 0.3) is 10.4 Å². The number of nitrogens with two attached hydrogens (primary N) is 1. The van der Waals surface area contributed by atoms with Crippen molar-refractivity contribution in [3.63, 3.8) is 0 Å². The number of thiazole rings is 1. The van der Waals surface area contributed by atoms with E-state index in [0.717, 1.165) is 27.3 Å². The lowest BCUT2D eigenvalue weighted by atomic mass is 10.0. The summed E-state index contributed by atoms with van der Waals surface area (Å²) in [7, 11) is 0. The number of hydrogen-bond donors (Lipinski definition) is 3. The standard InChI is InChI=1S/C35H45N5O7S/c1-22(2)31(40-19-26-6-4-5-7-28(26)34(40)43)35(44)39-20-27(41)17-29(39)33(42)37-18-25-9-8-24(32-23(3)38-21-48-32)16-30(25)47-15-14-46-13-12-45-11-10-36/h4-9,16,21-22,27,29,31,41H,10-15,17-20,36H2,1-3H3,(H,37,42)/t27-,29+,31?/m1/s1. The van der Waals surface area contributed by atoms with Crippen LogP contribution in [0.5, 0.6) is 5.75 Å². The third-order valence-electron chi connectivity index (χ3n) is 8.58. The second-order valence-electron chi connectivity index (χ2n) is 12.3. The first kappa shape index (κ1) is 35.4. The number of carbonyl (C=O) groups is 3. The van der Waals surface area contributed by atoms with E-state index in [2.05, 4.69) is 10.3 Å². The molecule has 5 rings (SSSR count). The number of carbonyl (C=O) groups excluding carboxylic acids is 3. The Hall–Kier alpha value is -3.88. The zero-order valence-electron chi connectivity index (χ0n) is 27.7. The minimum absolute atomic E-state index is 0.0175. The van der Waals surface area contributed by atoms with Crippen LogP contribution in [-0.2, 0) is 32.2 Å². The molecule has 2 aromatic carbocycles. The molecule has 3 atom stereocenters. The maximum Gasteiger partial charge on any atom is 0.255 e. The van der Waals surface area contributed by atoms with E-state index < -0.39 is 18.2 Å². The van der Waals surface area contributed by atoms with Gasteiger partial charge in [0.2, 0.25) is 11.8 Å². The quantitative estimate of drug-likeness (QED) is 0.194. The van der Waals surface area contributed by atoms with E-state index in [1.54, 1.807) is 16.5 Å². The van der Waals surface area contributed by atoms with E-state index in [-0.39, 0.29) is 49.8 Å². The van der Waals surface area contributed by atoms with Crippen LogP contribution in [-0.4, -0.2) is 102 Å². The van der Waals surface area contributed by atoms with Gasteiger partial charge in [0, 0.05) is 43.7 Å². The predicted octanol–water partition coefficient (Wildman–Crippen LogP) is 2.75. The molecule has 3 heterocycles. The summed E-state index contributed by atoms with van der Waals surface area (Å²) in [4.78, 5) is 49.5. The topological polar surface area (TPSA) is 157 Å². The fourth-order valence-corrected chi connectivity index (χ4v) is 7.03. The number of aliphatic hydroxyl groups is 1. The van der Waals surface area contributed by atoms with Crippen molar-refractivity contribution < 1.29 is 33.7 Å². The maximum absolute atomic E-state index is 14.1. The van der Waals surface area contributed by atoms with E-state index in [4.69, 9.17) is 19.9 Å². The Morgan fingerprint density at radius 2 is 1.85 bits per heavy atom. The summed E-state index contributed by atoms with van der Waals surface area (Å²) in [5.74, 6) is -0.541. The number of nitrogens with zero attached hydrogens (tertiary/aromatic N) is 3. The number of ether oxygens (including phenoxy) is 3. The van der Waals surface area contributed by atoms with Gasteiger partial charge in [-0.15, -0.1) is 11.3 Å². The van der Waals surface area contributed by atoms with E-state index in [1.165, 1.54) is 16.2 Å². The molecule has 1 aromatic heterocycles. The van der Waals surface area contributed by atoms with E-state index in [0.29, 0.717) is 50.8 Å². The van der Waals surface area contributed by atoms with Gasteiger partial charge in [0.15, 0.2) is 0 Å². The Labute approximate surface area is 285 Å². The average molecular weight is 680 g/mol. The van der Waals surface area contributed by atoms with Crippen LogP contribution in [0, 0.1) is 12.8 Å². The van der Waals surface area contributed by atoms with Crippen molar-refractivity contribution in [3.8, 4) is 16.2 Å². The van der Waals surface area contributed by atoms with Gasteiger partial charge >= 0.3 is 0 Å². The highest BCUT2D eigenvalue weighted by molar-refractivity contribution is 7.13. The number of rotatable bonds is 16. The fraction of sp³-hybridized carbons (Fsp3) is 0.486. The minimum Gasteiger partial charge on any atom is -0.491 e. The van der Waals surface area contributed by atoms with Crippen LogP contribution in [0.3, 0.4) is 0 Å². The molecule has 3 amide bonds. The molecule has 13 heteroatoms. The number of β-amino-alcohol motifs (C(OH)–C–C–N with tert-alkyl or cyclic N) is 1. The Morgan fingerprint density at radius 3 is 2.56 bits per heavy atom. The predicted molar refractivity (Wildman–Crippen MR) is 181 cm³/mol. The molecule has 4 N–H and O–H groups in total. The largest absolute Gasteiger partial charge is 0.491 e. The number of hydrogen-bond acceptors (Lipinski definition) is 10. The molecule has 0 aliphatic carbocycles. The number of benzene rings is 2. The second kappa shape index (κ2) is 16.5. The van der Waals surface area contributed by atoms with Crippen molar-refractivity contribution in [3.05, 3.63) is 70.4 Å². The van der Waals surface area contributed by atoms with Gasteiger partial charge in [0.1, 0.15) is 24.4 Å². The molecular weight excluding hydrogens is 634 g/mol. The highest BCUT2D eigenvalue weighted by Crippen LogP contribution is 2.33. The summed E-state index contributed by atoms with van der Waals surface area (Å²) in [5.41, 5.74) is 11.3. The van der Waals surface area contributed by atoms with Crippen LogP contribution in [0.15, 0.2) is 48.0 Å². The van der Waals surface area contributed by atoms with Crippen LogP contribution in [0.4, 0.5) is 0 Å². The van der Waals surface area contributed by atoms with Crippen molar-refractivity contribution >= 4 is 29.1 Å². The van der Waals surface area contributed by atoms with Crippen LogP contribution in [0.2, 0.25) is 0 Å². The summed E-state index contributed by atoms with van der Waals surface area (Å²) >= 11 is 1.54. The number of aromatic nitrogens is 1. The molecule has 0 spiro atoms. The molecule has 2 aliphatic heterocycles. The highest BCUT2D eigenvalue weighted by atomic mass is 32.1. The average Bonchev–Trinajstić information content (AvgIpc) is 3.78. The van der Waals surface area contributed by atoms with E-state index >= 15 is 0 Å². The van der Waals surface area contributed by atoms with Crippen molar-refractivity contribution in [1.29, 1.82) is 0 Å². The third-order valence-corrected chi connectivity index (χ3v) is 9.56. The van der Waals surface area contributed by atoms with Gasteiger partial charge in [0.05, 0.1) is 48.6 Å². The Balaban J connectivity index is 1.26. The van der Waals surface area contributed by atoms with E-state index in [9.17, 15) is 19.5 Å². The molecule has 1 saturated heterocycles. The Kier molecular flexibility index (Phi) is 12.2. The molecule has 0 saturated carbocycles. The van der Waals surface area contributed by atoms with Crippen LogP contribution in [0.1, 0.15) is 47.4 Å². The number of amides is 3. The van der Waals surface area contributed by atoms with E-state index in [1.807, 2.05) is 57.2 Å². The van der Waals surface area contributed by atoms with Gasteiger partial charge in [-0.05, 0) is 36.1 Å². The first-order valence-electron chi connectivity index (χ1n) is 16.4. The smallest absolute Gasteiger partial charge is 0.255 e. The summed E-state index contributed by atoms with van der Waals surface area (Å²) in [5, 5.41) is 13.6. The highest BCUT2D eigenvalue weighted by Gasteiger charge is 2.45. The molecule has 0 bridgehead atoms. The molecule has 1 fully saturated rings. The third kappa shape index (κ3) is 8.21. The molecule has 1 unspecified atom stereocenters. The molecule has 258 valence electrons. The summed E-state index contributed by atoms with van der Waals surface area (Å²) in [6.07, 6.45) is -0.749. The number of nitrogens with one attached hydrogen (secondary N) is 1. The molecule has 48 heavy (non-hydrogen) atoms. The normalized spacial score (nSPS) is 18.0. The van der Waals surface area contributed by atoms with Gasteiger partial charge < -0.3 is 40.2 Å². The number of aryl methyl sites for hydroxylation is 1. The van der Waals surface area contributed by atoms with Gasteiger partial charge in [-0.2, -0.15) is 0 Å². The van der Waals surface area contributed by atoms with Gasteiger partial charge in [0.25, 0.3) is 5.91 Å². The number of fused-ring (bicyclic) bond motifs is 1. The van der Waals surface area contributed by atoms with Gasteiger partial charge in [-0.1, -0.05) is 44.2 Å². The minimum atomic E-state index is -0.882. The SMILES string of the molecule is Cc1ncsc1-c1ccc(CNC(=O)[C@@H]2C[C@@H](O)CN2C(=O)C(C(C)C)N2Cc3ccccc3C2=O)c(OCCOCCOCCN)c1. The summed E-state index contributed by atoms with van der Waals surface area (Å²) in [6.45, 7) is 8.66.